The minimum Gasteiger partial charge on any atom is -0.0610 e. The van der Waals surface area contributed by atoms with Crippen LogP contribution in [0.15, 0.2) is 218 Å². The van der Waals surface area contributed by atoms with Crippen LogP contribution in [0.5, 0.6) is 0 Å². The van der Waals surface area contributed by atoms with Crippen LogP contribution in [0, 0.1) is 0 Å². The van der Waals surface area contributed by atoms with E-state index >= 15 is 0 Å². The molecule has 0 saturated carbocycles. The fourth-order valence-corrected chi connectivity index (χ4v) is 18.3. The lowest BCUT2D eigenvalue weighted by Gasteiger charge is -2.23. The Hall–Kier alpha value is -9.88. The maximum Gasteiger partial charge on any atom is 0.0159 e. The quantitative estimate of drug-likeness (QED) is 0.162. The average molecular weight is 1080 g/mol. The molecule has 14 aromatic rings. The molecule has 7 aliphatic carbocycles. The third-order valence-electron chi connectivity index (χ3n) is 22.4. The number of hydrogen-bond acceptors (Lipinski definition) is 0. The molecule has 0 fully saturated rings. The van der Waals surface area contributed by atoms with Gasteiger partial charge in [-0.15, -0.1) is 0 Å². The summed E-state index contributed by atoms with van der Waals surface area (Å²) in [5.41, 5.74) is 43.1. The summed E-state index contributed by atoms with van der Waals surface area (Å²) in [6.07, 6.45) is 0. The van der Waals surface area contributed by atoms with Gasteiger partial charge in [0.05, 0.1) is 0 Å². The van der Waals surface area contributed by atoms with Crippen molar-refractivity contribution in [2.45, 2.75) is 57.8 Å². The van der Waals surface area contributed by atoms with E-state index in [1.54, 1.807) is 0 Å². The van der Waals surface area contributed by atoms with E-state index in [0.717, 1.165) is 0 Å². The predicted molar refractivity (Wildman–Crippen MR) is 358 cm³/mol. The number of fused-ring (bicyclic) bond motifs is 21. The molecule has 21 rings (SSSR count). The summed E-state index contributed by atoms with van der Waals surface area (Å²) < 4.78 is 0. The van der Waals surface area contributed by atoms with Gasteiger partial charge in [0.25, 0.3) is 0 Å². The zero-order valence-electron chi connectivity index (χ0n) is 48.3. The molecule has 85 heavy (non-hydrogen) atoms. The molecule has 0 radical (unpaired) electrons. The summed E-state index contributed by atoms with van der Waals surface area (Å²) in [6.45, 7) is 14.6. The molecule has 0 atom stereocenters. The van der Waals surface area contributed by atoms with Crippen LogP contribution in [0.4, 0.5) is 0 Å². The van der Waals surface area contributed by atoms with Crippen LogP contribution < -0.4 is 0 Å². The molecule has 0 bridgehead atoms. The van der Waals surface area contributed by atoms with Crippen molar-refractivity contribution in [3.63, 3.8) is 0 Å². The van der Waals surface area contributed by atoms with Crippen molar-refractivity contribution in [2.24, 2.45) is 0 Å². The van der Waals surface area contributed by atoms with Crippen molar-refractivity contribution in [3.05, 3.63) is 252 Å². The topological polar surface area (TPSA) is 0 Å². The van der Waals surface area contributed by atoms with E-state index in [4.69, 9.17) is 0 Å². The molecule has 0 heterocycles. The first-order chi connectivity index (χ1) is 41.4. The normalized spacial score (nSPS) is 15.5. The Labute approximate surface area is 494 Å². The van der Waals surface area contributed by atoms with Gasteiger partial charge in [-0.3, -0.25) is 0 Å². The Bertz CT molecular complexity index is 5310. The predicted octanol–water partition coefficient (Wildman–Crippen LogP) is 23.1. The second-order valence-corrected chi connectivity index (χ2v) is 27.4. The van der Waals surface area contributed by atoms with Crippen molar-refractivity contribution in [1.29, 1.82) is 0 Å². The lowest BCUT2D eigenvalue weighted by Crippen LogP contribution is -2.15. The molecule has 0 amide bonds. The third-order valence-corrected chi connectivity index (χ3v) is 22.4. The van der Waals surface area contributed by atoms with Crippen molar-refractivity contribution >= 4 is 43.1 Å². The first-order valence-corrected chi connectivity index (χ1v) is 30.6. The largest absolute Gasteiger partial charge is 0.0610 e. The summed E-state index contributed by atoms with van der Waals surface area (Å²) in [6, 6.07) is 85.8. The van der Waals surface area contributed by atoms with Gasteiger partial charge in [0.15, 0.2) is 0 Å². The maximum atomic E-state index is 2.55. The maximum absolute atomic E-state index is 2.55. The molecule has 0 nitrogen and oxygen atoms in total. The lowest BCUT2D eigenvalue weighted by atomic mass is 9.80. The summed E-state index contributed by atoms with van der Waals surface area (Å²) in [7, 11) is 0. The van der Waals surface area contributed by atoms with Gasteiger partial charge in [-0.25, -0.2) is 0 Å². The van der Waals surface area contributed by atoms with E-state index in [0.29, 0.717) is 0 Å². The number of benzene rings is 14. The SMILES string of the molecule is CC1(C)c2cc(-c3ccc4c5c(cccc35)-c3cc5c(cc3-4)C(C)(C)c3cc4c(cc3-5)-c3cccc5cccc-4c35)ccc2-c2ccc(-c3ccc4c5c(cccc35)-c3cc5c(cc3-4)C(C)(C)c3cc4c(cc3-5)-c3cccc5cccc-4c35)cc21. The fourth-order valence-electron chi connectivity index (χ4n) is 18.3. The molecular formula is C85H54. The van der Waals surface area contributed by atoms with Crippen LogP contribution in [0.1, 0.15) is 74.9 Å². The Balaban J connectivity index is 0.633. The minimum atomic E-state index is -0.203. The molecule has 0 spiro atoms. The van der Waals surface area contributed by atoms with Crippen molar-refractivity contribution in [3.8, 4) is 145 Å². The van der Waals surface area contributed by atoms with Gasteiger partial charge in [0.2, 0.25) is 0 Å². The van der Waals surface area contributed by atoms with Gasteiger partial charge >= 0.3 is 0 Å². The zero-order valence-corrected chi connectivity index (χ0v) is 48.3. The average Bonchev–Trinajstić information content (AvgIpc) is 1.66. The molecule has 0 unspecified atom stereocenters. The highest BCUT2D eigenvalue weighted by Crippen LogP contribution is 2.63. The van der Waals surface area contributed by atoms with Crippen LogP contribution in [0.25, 0.3) is 188 Å². The van der Waals surface area contributed by atoms with Gasteiger partial charge in [-0.1, -0.05) is 199 Å². The van der Waals surface area contributed by atoms with Crippen LogP contribution >= 0.6 is 0 Å². The van der Waals surface area contributed by atoms with Crippen LogP contribution in [-0.4, -0.2) is 0 Å². The number of hydrogen-bond donors (Lipinski definition) is 0. The second-order valence-electron chi connectivity index (χ2n) is 27.4. The van der Waals surface area contributed by atoms with Crippen LogP contribution in [0.2, 0.25) is 0 Å². The Morgan fingerprint density at radius 1 is 0.176 bits per heavy atom. The Morgan fingerprint density at radius 2 is 0.424 bits per heavy atom. The van der Waals surface area contributed by atoms with E-state index in [-0.39, 0.29) is 16.2 Å². The van der Waals surface area contributed by atoms with E-state index in [9.17, 15) is 0 Å². The van der Waals surface area contributed by atoms with Gasteiger partial charge in [-0.05, 0) is 282 Å². The fraction of sp³-hybridized carbons (Fsp3) is 0.106. The first kappa shape index (κ1) is 45.6. The summed E-state index contributed by atoms with van der Waals surface area (Å²) in [5, 5.41) is 10.8. The molecule has 0 saturated heterocycles. The molecule has 0 aliphatic heterocycles. The highest BCUT2D eigenvalue weighted by Gasteiger charge is 2.43. The summed E-state index contributed by atoms with van der Waals surface area (Å²) in [4.78, 5) is 0. The molecule has 0 heteroatoms. The number of rotatable bonds is 2. The first-order valence-electron chi connectivity index (χ1n) is 30.6. The molecule has 394 valence electrons. The smallest absolute Gasteiger partial charge is 0.0159 e. The minimum absolute atomic E-state index is 0.137. The van der Waals surface area contributed by atoms with E-state index in [1.165, 1.54) is 221 Å². The van der Waals surface area contributed by atoms with Gasteiger partial charge in [-0.2, -0.15) is 0 Å². The van der Waals surface area contributed by atoms with Gasteiger partial charge < -0.3 is 0 Å². The highest BCUT2D eigenvalue weighted by atomic mass is 14.5. The standard InChI is InChI=1S/C85H54/c1-83(2)73-33-45(47-29-31-59-67-41-77-71(37-63(67)57-23-11-21-51(47)81(57)59)69-35-61-53-17-7-13-43-15-9-19-55(79(43)53)65(61)39-75(69)84(77,3)4)25-27-49(73)50-28-26-46(34-74(50)83)48-30-32-60-68-42-78-72(38-64(68)58-24-12-22-52(48)82(58)60)70-36-62-54-18-8-14-44-16-10-20-56(80(44)54)66(62)40-76(70)85(78,5)6/h7-42H,1-6H3. The van der Waals surface area contributed by atoms with E-state index < -0.39 is 0 Å². The highest BCUT2D eigenvalue weighted by molar-refractivity contribution is 6.23. The second kappa shape index (κ2) is 14.7. The van der Waals surface area contributed by atoms with E-state index in [2.05, 4.69) is 260 Å². The Morgan fingerprint density at radius 3 is 0.753 bits per heavy atom. The molecular weight excluding hydrogens is 1020 g/mol. The third kappa shape index (κ3) is 5.28. The van der Waals surface area contributed by atoms with Crippen molar-refractivity contribution in [2.75, 3.05) is 0 Å². The van der Waals surface area contributed by atoms with Gasteiger partial charge in [0.1, 0.15) is 0 Å². The van der Waals surface area contributed by atoms with Gasteiger partial charge in [0, 0.05) is 16.2 Å². The van der Waals surface area contributed by atoms with Crippen LogP contribution in [0.3, 0.4) is 0 Å². The molecule has 7 aliphatic rings. The monoisotopic (exact) mass is 1070 g/mol. The summed E-state index contributed by atoms with van der Waals surface area (Å²) >= 11 is 0. The lowest BCUT2D eigenvalue weighted by molar-refractivity contribution is 0.661. The molecule has 0 aromatic heterocycles. The van der Waals surface area contributed by atoms with Crippen molar-refractivity contribution in [1.82, 2.24) is 0 Å². The van der Waals surface area contributed by atoms with Crippen LogP contribution in [-0.2, 0) is 16.2 Å². The zero-order chi connectivity index (χ0) is 56.0. The molecule has 14 aromatic carbocycles. The van der Waals surface area contributed by atoms with Crippen molar-refractivity contribution < 1.29 is 0 Å². The molecule has 0 N–H and O–H groups in total. The van der Waals surface area contributed by atoms with E-state index in [1.807, 2.05) is 0 Å². The summed E-state index contributed by atoms with van der Waals surface area (Å²) in [5.74, 6) is 0. The Kier molecular flexibility index (Phi) is 7.89.